The molecule has 4 aromatic carbocycles. The summed E-state index contributed by atoms with van der Waals surface area (Å²) in [6, 6.07) is 26.7. The van der Waals surface area contributed by atoms with Crippen molar-refractivity contribution < 1.29 is 35.7 Å². The van der Waals surface area contributed by atoms with Crippen LogP contribution in [0.25, 0.3) is 0 Å². The van der Waals surface area contributed by atoms with Crippen LogP contribution in [0.2, 0.25) is 0 Å². The van der Waals surface area contributed by atoms with Gasteiger partial charge in [-0.05, 0) is 73.0 Å². The van der Waals surface area contributed by atoms with Gasteiger partial charge in [0, 0.05) is 12.2 Å². The molecule has 7 nitrogen and oxygen atoms in total. The van der Waals surface area contributed by atoms with Crippen molar-refractivity contribution in [2.75, 3.05) is 6.61 Å². The molecule has 0 unspecified atom stereocenters. The molecule has 0 amide bonds. The van der Waals surface area contributed by atoms with Gasteiger partial charge in [0.2, 0.25) is 0 Å². The summed E-state index contributed by atoms with van der Waals surface area (Å²) in [5.74, 6) is 1.08. The Labute approximate surface area is 205 Å². The number of hydrogen-bond donors (Lipinski definition) is 7. The summed E-state index contributed by atoms with van der Waals surface area (Å²) in [6.45, 7) is 1.84. The maximum absolute atomic E-state index is 8.94. The SMILES string of the molecule is Cc1c(O)cccc1O.OCCc1ccc(O)cc1.OCc1ccc(O)cc1.Oc1ccccc1. The minimum atomic E-state index is 0.0281. The summed E-state index contributed by atoms with van der Waals surface area (Å²) >= 11 is 0. The van der Waals surface area contributed by atoms with Crippen LogP contribution in [-0.4, -0.2) is 42.4 Å². The second-order valence-electron chi connectivity index (χ2n) is 7.22. The fraction of sp³-hybridized carbons (Fsp3) is 0.143. The first-order valence-corrected chi connectivity index (χ1v) is 10.8. The first kappa shape index (κ1) is 28.8. The second kappa shape index (κ2) is 16.4. The lowest BCUT2D eigenvalue weighted by molar-refractivity contribution is 0.281. The third kappa shape index (κ3) is 12.6. The number of benzene rings is 4. The lowest BCUT2D eigenvalue weighted by Gasteiger charge is -1.98. The summed E-state index contributed by atoms with van der Waals surface area (Å²) in [6.07, 6.45) is 0.653. The van der Waals surface area contributed by atoms with Crippen molar-refractivity contribution in [2.24, 2.45) is 0 Å². The monoisotopic (exact) mass is 480 g/mol. The zero-order chi connectivity index (χ0) is 26.1. The van der Waals surface area contributed by atoms with Crippen LogP contribution >= 0.6 is 0 Å². The topological polar surface area (TPSA) is 142 Å². The number of aliphatic hydroxyl groups is 2. The van der Waals surface area contributed by atoms with Crippen molar-refractivity contribution in [3.05, 3.63) is 114 Å². The Bertz CT molecular complexity index is 1060. The molecule has 7 heteroatoms. The molecule has 0 heterocycles. The maximum Gasteiger partial charge on any atom is 0.122 e. The summed E-state index contributed by atoms with van der Waals surface area (Å²) in [7, 11) is 0. The largest absolute Gasteiger partial charge is 0.508 e. The van der Waals surface area contributed by atoms with Gasteiger partial charge in [0.1, 0.15) is 28.7 Å². The molecule has 0 saturated heterocycles. The predicted octanol–water partition coefficient (Wildman–Crippen LogP) is 4.61. The molecule has 0 aliphatic rings. The van der Waals surface area contributed by atoms with E-state index in [2.05, 4.69) is 0 Å². The normalized spacial score (nSPS) is 9.34. The maximum atomic E-state index is 8.94. The number of para-hydroxylation sites is 1. The van der Waals surface area contributed by atoms with Gasteiger partial charge < -0.3 is 35.7 Å². The molecule has 0 fully saturated rings. The number of phenols is 5. The summed E-state index contributed by atoms with van der Waals surface area (Å²) in [4.78, 5) is 0. The van der Waals surface area contributed by atoms with Crippen molar-refractivity contribution in [3.63, 3.8) is 0 Å². The van der Waals surface area contributed by atoms with Crippen LogP contribution in [0.1, 0.15) is 16.7 Å². The van der Waals surface area contributed by atoms with Gasteiger partial charge >= 0.3 is 0 Å². The third-order valence-electron chi connectivity index (χ3n) is 4.49. The molecule has 4 aromatic rings. The highest BCUT2D eigenvalue weighted by atomic mass is 16.3. The summed E-state index contributed by atoms with van der Waals surface area (Å²) in [5, 5.41) is 61.2. The van der Waals surface area contributed by atoms with E-state index in [4.69, 9.17) is 35.7 Å². The molecule has 0 atom stereocenters. The van der Waals surface area contributed by atoms with Gasteiger partial charge in [0.05, 0.1) is 6.61 Å². The highest BCUT2D eigenvalue weighted by Crippen LogP contribution is 2.23. The zero-order valence-corrected chi connectivity index (χ0v) is 19.5. The van der Waals surface area contributed by atoms with Crippen molar-refractivity contribution in [3.8, 4) is 28.7 Å². The molecule has 0 saturated carbocycles. The molecule has 0 radical (unpaired) electrons. The van der Waals surface area contributed by atoms with E-state index in [1.807, 2.05) is 6.07 Å². The Morgan fingerprint density at radius 3 is 1.26 bits per heavy atom. The van der Waals surface area contributed by atoms with Crippen LogP contribution in [0.5, 0.6) is 28.7 Å². The molecule has 0 aliphatic carbocycles. The Hall–Kier alpha value is -4.20. The van der Waals surface area contributed by atoms with E-state index in [0.717, 1.165) is 11.1 Å². The molecule has 35 heavy (non-hydrogen) atoms. The van der Waals surface area contributed by atoms with Crippen LogP contribution < -0.4 is 0 Å². The number of rotatable bonds is 3. The van der Waals surface area contributed by atoms with E-state index in [1.54, 1.807) is 85.8 Å². The highest BCUT2D eigenvalue weighted by molar-refractivity contribution is 5.41. The van der Waals surface area contributed by atoms with Gasteiger partial charge in [0.25, 0.3) is 0 Å². The zero-order valence-electron chi connectivity index (χ0n) is 19.5. The van der Waals surface area contributed by atoms with Crippen LogP contribution in [0.4, 0.5) is 0 Å². The summed E-state index contributed by atoms with van der Waals surface area (Å²) < 4.78 is 0. The lowest BCUT2D eigenvalue weighted by atomic mass is 10.2. The molecule has 186 valence electrons. The first-order valence-electron chi connectivity index (χ1n) is 10.8. The first-order chi connectivity index (χ1) is 16.8. The molecule has 0 aliphatic heterocycles. The minimum absolute atomic E-state index is 0.0281. The van der Waals surface area contributed by atoms with Crippen molar-refractivity contribution >= 4 is 0 Å². The molecule has 4 rings (SSSR count). The van der Waals surface area contributed by atoms with Gasteiger partial charge in [-0.3, -0.25) is 0 Å². The lowest BCUT2D eigenvalue weighted by Crippen LogP contribution is -1.88. The Morgan fingerprint density at radius 2 is 0.914 bits per heavy atom. The van der Waals surface area contributed by atoms with Gasteiger partial charge in [-0.25, -0.2) is 0 Å². The van der Waals surface area contributed by atoms with E-state index >= 15 is 0 Å². The standard InChI is InChI=1S/C8H10O2.2C7H8O2.C6H6O/c9-6-5-7-1-3-8(10)4-2-7;1-5-6(8)3-2-4-7(5)9;8-5-6-1-3-7(9)4-2-6;7-6-4-2-1-3-5-6/h1-4,9-10H,5-6H2;2-4,8-9H,1H3;1-4,8-9H,5H2;1-5,7H. The van der Waals surface area contributed by atoms with Crippen LogP contribution in [-0.2, 0) is 13.0 Å². The van der Waals surface area contributed by atoms with E-state index in [9.17, 15) is 0 Å². The average molecular weight is 481 g/mol. The molecular weight excluding hydrogens is 448 g/mol. The van der Waals surface area contributed by atoms with Gasteiger partial charge in [0.15, 0.2) is 0 Å². The predicted molar refractivity (Wildman–Crippen MR) is 136 cm³/mol. The third-order valence-corrected chi connectivity index (χ3v) is 4.49. The van der Waals surface area contributed by atoms with E-state index < -0.39 is 0 Å². The average Bonchev–Trinajstić information content (AvgIpc) is 2.86. The number of hydrogen-bond acceptors (Lipinski definition) is 7. The molecule has 0 aromatic heterocycles. The quantitative estimate of drug-likeness (QED) is 0.227. The number of phenolic OH excluding ortho intramolecular Hbond substituents is 5. The minimum Gasteiger partial charge on any atom is -0.508 e. The summed E-state index contributed by atoms with van der Waals surface area (Å²) in [5.41, 5.74) is 2.38. The molecular formula is C28H32O7. The van der Waals surface area contributed by atoms with Crippen molar-refractivity contribution in [2.45, 2.75) is 20.0 Å². The van der Waals surface area contributed by atoms with Gasteiger partial charge in [-0.15, -0.1) is 0 Å². The molecule has 0 spiro atoms. The highest BCUT2D eigenvalue weighted by Gasteiger charge is 1.97. The van der Waals surface area contributed by atoms with Crippen LogP contribution in [0, 0.1) is 6.92 Å². The van der Waals surface area contributed by atoms with E-state index in [1.165, 1.54) is 12.1 Å². The van der Waals surface area contributed by atoms with Crippen LogP contribution in [0.3, 0.4) is 0 Å². The van der Waals surface area contributed by atoms with Gasteiger partial charge in [-0.1, -0.05) is 48.5 Å². The molecule has 0 bridgehead atoms. The van der Waals surface area contributed by atoms with Gasteiger partial charge in [-0.2, -0.15) is 0 Å². The van der Waals surface area contributed by atoms with E-state index in [-0.39, 0.29) is 36.2 Å². The second-order valence-corrected chi connectivity index (χ2v) is 7.22. The number of aromatic hydroxyl groups is 5. The fourth-order valence-corrected chi connectivity index (χ4v) is 2.43. The Morgan fingerprint density at radius 1 is 0.486 bits per heavy atom. The van der Waals surface area contributed by atoms with E-state index in [0.29, 0.717) is 17.7 Å². The van der Waals surface area contributed by atoms with Crippen molar-refractivity contribution in [1.82, 2.24) is 0 Å². The van der Waals surface area contributed by atoms with Crippen LogP contribution in [0.15, 0.2) is 97.1 Å². The molecule has 7 N–H and O–H groups in total. The Kier molecular flexibility index (Phi) is 13.5. The fourth-order valence-electron chi connectivity index (χ4n) is 2.43. The van der Waals surface area contributed by atoms with Crippen molar-refractivity contribution in [1.29, 1.82) is 0 Å². The smallest absolute Gasteiger partial charge is 0.122 e. The number of aliphatic hydroxyl groups excluding tert-OH is 2. The Balaban J connectivity index is 0.000000235.